The SMILES string of the molecule is CC(=NOC(=O)C1CC[N+](C)(C)CC1)C1CCC2C3CCC4=CC(=O)CCC4(C)C3CCC12C. The van der Waals surface area contributed by atoms with E-state index in [1.807, 2.05) is 6.08 Å². The van der Waals surface area contributed by atoms with Crippen molar-refractivity contribution < 1.29 is 18.9 Å². The van der Waals surface area contributed by atoms with Crippen LogP contribution in [-0.4, -0.2) is 49.1 Å². The maximum absolute atomic E-state index is 12.7. The van der Waals surface area contributed by atoms with Crippen LogP contribution in [0.2, 0.25) is 0 Å². The third-order valence-electron chi connectivity index (χ3n) is 11.2. The highest BCUT2D eigenvalue weighted by molar-refractivity contribution is 5.91. The van der Waals surface area contributed by atoms with E-state index >= 15 is 0 Å². The first-order valence-electron chi connectivity index (χ1n) is 13.8. The van der Waals surface area contributed by atoms with Gasteiger partial charge in [-0.3, -0.25) is 4.79 Å². The fraction of sp³-hybridized carbons (Fsp3) is 0.828. The van der Waals surface area contributed by atoms with Crippen molar-refractivity contribution in [2.24, 2.45) is 45.6 Å². The van der Waals surface area contributed by atoms with Crippen LogP contribution in [0.15, 0.2) is 16.8 Å². The van der Waals surface area contributed by atoms with Crippen LogP contribution in [0.3, 0.4) is 0 Å². The van der Waals surface area contributed by atoms with Crippen LogP contribution in [0, 0.1) is 40.4 Å². The Morgan fingerprint density at radius 1 is 1.00 bits per heavy atom. The molecule has 5 rings (SSSR count). The minimum atomic E-state index is -0.131. The van der Waals surface area contributed by atoms with Crippen LogP contribution in [-0.2, 0) is 14.4 Å². The standard InChI is InChI=1S/C29H45N2O3/c1-19(30-34-27(33)20-12-16-31(4,5)17-13-20)24-8-9-25-23-7-6-21-18-22(32)10-14-28(21,2)26(23)11-15-29(24,25)3/h18,20,23-26H,6-17H2,1-5H3/q+1. The van der Waals surface area contributed by atoms with Crippen molar-refractivity contribution >= 4 is 17.5 Å². The van der Waals surface area contributed by atoms with Crippen LogP contribution in [0.25, 0.3) is 0 Å². The number of oxime groups is 1. The zero-order valence-electron chi connectivity index (χ0n) is 22.1. The third kappa shape index (κ3) is 4.00. The molecule has 3 saturated carbocycles. The molecule has 0 aromatic rings. The molecular formula is C29H45N2O3+. The van der Waals surface area contributed by atoms with Crippen molar-refractivity contribution in [3.05, 3.63) is 11.6 Å². The van der Waals surface area contributed by atoms with Gasteiger partial charge in [-0.05, 0) is 86.5 Å². The maximum atomic E-state index is 12.7. The van der Waals surface area contributed by atoms with Gasteiger partial charge in [0.05, 0.1) is 38.8 Å². The number of allylic oxidation sites excluding steroid dienone is 1. The topological polar surface area (TPSA) is 55.7 Å². The number of nitrogens with zero attached hydrogens (tertiary/aromatic N) is 2. The van der Waals surface area contributed by atoms with E-state index in [0.717, 1.165) is 67.7 Å². The normalized spacial score (nSPS) is 42.3. The first-order chi connectivity index (χ1) is 16.0. The molecule has 4 aliphatic carbocycles. The highest BCUT2D eigenvalue weighted by atomic mass is 16.7. The number of carbonyl (C=O) groups excluding carboxylic acids is 2. The Balaban J connectivity index is 1.27. The van der Waals surface area contributed by atoms with Gasteiger partial charge in [0.15, 0.2) is 5.78 Å². The maximum Gasteiger partial charge on any atom is 0.338 e. The van der Waals surface area contributed by atoms with Crippen LogP contribution in [0.5, 0.6) is 0 Å². The van der Waals surface area contributed by atoms with E-state index in [4.69, 9.17) is 4.84 Å². The predicted octanol–water partition coefficient (Wildman–Crippen LogP) is 5.54. The number of fused-ring (bicyclic) bond motifs is 5. The van der Waals surface area contributed by atoms with Gasteiger partial charge >= 0.3 is 5.97 Å². The summed E-state index contributed by atoms with van der Waals surface area (Å²) in [7, 11) is 4.46. The molecule has 5 heteroatoms. The Labute approximate surface area is 205 Å². The van der Waals surface area contributed by atoms with Crippen molar-refractivity contribution in [3.63, 3.8) is 0 Å². The number of likely N-dealkylation sites (tertiary alicyclic amines) is 1. The highest BCUT2D eigenvalue weighted by Gasteiger charge is 2.59. The summed E-state index contributed by atoms with van der Waals surface area (Å²) in [4.78, 5) is 30.3. The van der Waals surface area contributed by atoms with Gasteiger partial charge in [0, 0.05) is 25.2 Å². The van der Waals surface area contributed by atoms with Gasteiger partial charge in [-0.1, -0.05) is 24.6 Å². The lowest BCUT2D eigenvalue weighted by atomic mass is 9.46. The summed E-state index contributed by atoms with van der Waals surface area (Å²) in [6.07, 6.45) is 12.8. The van der Waals surface area contributed by atoms with Gasteiger partial charge in [0.2, 0.25) is 0 Å². The second-order valence-electron chi connectivity index (χ2n) is 13.4. The Bertz CT molecular complexity index is 910. The molecule has 0 bridgehead atoms. The zero-order valence-corrected chi connectivity index (χ0v) is 22.1. The molecule has 0 aromatic carbocycles. The third-order valence-corrected chi connectivity index (χ3v) is 11.2. The Kier molecular flexibility index (Phi) is 6.10. The van der Waals surface area contributed by atoms with E-state index in [2.05, 4.69) is 40.0 Å². The number of quaternary nitrogens is 1. The number of rotatable bonds is 3. The molecule has 0 spiro atoms. The number of carbonyl (C=O) groups is 2. The van der Waals surface area contributed by atoms with E-state index in [1.54, 1.807) is 0 Å². The summed E-state index contributed by atoms with van der Waals surface area (Å²) in [5.74, 6) is 2.79. The predicted molar refractivity (Wildman–Crippen MR) is 134 cm³/mol. The summed E-state index contributed by atoms with van der Waals surface area (Å²) < 4.78 is 0.989. The lowest BCUT2D eigenvalue weighted by Gasteiger charge is -2.58. The number of hydrogen-bond acceptors (Lipinski definition) is 4. The molecule has 1 heterocycles. The van der Waals surface area contributed by atoms with Crippen molar-refractivity contribution in [3.8, 4) is 0 Å². The molecule has 188 valence electrons. The second-order valence-corrected chi connectivity index (χ2v) is 13.4. The highest BCUT2D eigenvalue weighted by Crippen LogP contribution is 2.66. The molecule has 1 aliphatic heterocycles. The Morgan fingerprint density at radius 2 is 1.74 bits per heavy atom. The van der Waals surface area contributed by atoms with Crippen molar-refractivity contribution in [2.75, 3.05) is 27.2 Å². The average molecular weight is 470 g/mol. The number of hydrogen-bond donors (Lipinski definition) is 0. The fourth-order valence-corrected chi connectivity index (χ4v) is 9.00. The van der Waals surface area contributed by atoms with E-state index in [1.165, 1.54) is 31.3 Å². The smallest absolute Gasteiger partial charge is 0.328 e. The first kappa shape index (κ1) is 24.2. The van der Waals surface area contributed by atoms with Gasteiger partial charge < -0.3 is 9.32 Å². The summed E-state index contributed by atoms with van der Waals surface area (Å²) >= 11 is 0. The van der Waals surface area contributed by atoms with E-state index in [-0.39, 0.29) is 22.7 Å². The number of piperidine rings is 1. The number of ketones is 1. The van der Waals surface area contributed by atoms with Gasteiger partial charge in [0.1, 0.15) is 0 Å². The van der Waals surface area contributed by atoms with Crippen LogP contribution in [0.1, 0.15) is 85.0 Å². The molecule has 0 aromatic heterocycles. The fourth-order valence-electron chi connectivity index (χ4n) is 9.00. The average Bonchev–Trinajstić information content (AvgIpc) is 3.15. The molecule has 34 heavy (non-hydrogen) atoms. The van der Waals surface area contributed by atoms with Gasteiger partial charge in [-0.2, -0.15) is 0 Å². The molecule has 0 amide bonds. The van der Waals surface area contributed by atoms with Crippen molar-refractivity contribution in [1.82, 2.24) is 0 Å². The zero-order chi connectivity index (χ0) is 24.3. The largest absolute Gasteiger partial charge is 0.338 e. The van der Waals surface area contributed by atoms with Gasteiger partial charge in [-0.25, -0.2) is 4.79 Å². The van der Waals surface area contributed by atoms with Crippen LogP contribution in [0.4, 0.5) is 0 Å². The van der Waals surface area contributed by atoms with Crippen LogP contribution < -0.4 is 0 Å². The molecule has 4 fully saturated rings. The van der Waals surface area contributed by atoms with E-state index in [9.17, 15) is 9.59 Å². The molecular weight excluding hydrogens is 424 g/mol. The summed E-state index contributed by atoms with van der Waals surface area (Å²) in [6.45, 7) is 9.09. The van der Waals surface area contributed by atoms with Crippen molar-refractivity contribution in [1.29, 1.82) is 0 Å². The quantitative estimate of drug-likeness (QED) is 0.236. The van der Waals surface area contributed by atoms with Crippen LogP contribution >= 0.6 is 0 Å². The molecule has 5 nitrogen and oxygen atoms in total. The van der Waals surface area contributed by atoms with E-state index < -0.39 is 0 Å². The minimum absolute atomic E-state index is 0.00217. The summed E-state index contributed by atoms with van der Waals surface area (Å²) in [5.41, 5.74) is 2.94. The Hall–Kier alpha value is -1.49. The lowest BCUT2D eigenvalue weighted by Crippen LogP contribution is -2.51. The molecule has 6 atom stereocenters. The molecule has 0 N–H and O–H groups in total. The monoisotopic (exact) mass is 469 g/mol. The summed E-state index contributed by atoms with van der Waals surface area (Å²) in [5, 5.41) is 4.46. The molecule has 1 saturated heterocycles. The van der Waals surface area contributed by atoms with Gasteiger partial charge in [-0.15, -0.1) is 0 Å². The second kappa shape index (κ2) is 8.57. The molecule has 5 aliphatic rings. The van der Waals surface area contributed by atoms with Crippen molar-refractivity contribution in [2.45, 2.75) is 85.0 Å². The van der Waals surface area contributed by atoms with Gasteiger partial charge in [0.25, 0.3) is 0 Å². The Morgan fingerprint density at radius 3 is 2.47 bits per heavy atom. The minimum Gasteiger partial charge on any atom is -0.328 e. The molecule has 6 unspecified atom stereocenters. The molecule has 0 radical (unpaired) electrons. The lowest BCUT2D eigenvalue weighted by molar-refractivity contribution is -0.895. The first-order valence-corrected chi connectivity index (χ1v) is 13.8. The van der Waals surface area contributed by atoms with E-state index in [0.29, 0.717) is 23.5 Å². The summed E-state index contributed by atoms with van der Waals surface area (Å²) in [6, 6.07) is 0.